The van der Waals surface area contributed by atoms with E-state index >= 15 is 0 Å². The Morgan fingerprint density at radius 1 is 1.13 bits per heavy atom. The van der Waals surface area contributed by atoms with E-state index < -0.39 is 0 Å². The number of imidazole rings is 1. The maximum atomic E-state index is 5.94. The number of hydrogen-bond acceptors (Lipinski definition) is 3. The van der Waals surface area contributed by atoms with Gasteiger partial charge < -0.3 is 4.57 Å². The molecule has 0 aliphatic heterocycles. The largest absolute Gasteiger partial charge is 0.310 e. The number of halogens is 2. The van der Waals surface area contributed by atoms with Gasteiger partial charge in [0.2, 0.25) is 5.28 Å². The highest BCUT2D eigenvalue weighted by Gasteiger charge is 2.15. The van der Waals surface area contributed by atoms with Gasteiger partial charge >= 0.3 is 0 Å². The SMILES string of the molecule is Cc1nc2c(Cl)nc(Cl)nc2n1C(C)C. The summed E-state index contributed by atoms with van der Waals surface area (Å²) in [6.45, 7) is 6.02. The molecular weight excluding hydrogens is 235 g/mol. The lowest BCUT2D eigenvalue weighted by Crippen LogP contribution is -2.04. The van der Waals surface area contributed by atoms with Crippen molar-refractivity contribution in [1.29, 1.82) is 0 Å². The first-order valence-electron chi connectivity index (χ1n) is 4.58. The summed E-state index contributed by atoms with van der Waals surface area (Å²) in [7, 11) is 0. The van der Waals surface area contributed by atoms with Crippen molar-refractivity contribution in [3.05, 3.63) is 16.3 Å². The second-order valence-corrected chi connectivity index (χ2v) is 4.27. The number of fused-ring (bicyclic) bond motifs is 1. The molecule has 80 valence electrons. The molecule has 6 heteroatoms. The standard InChI is InChI=1S/C9H10Cl2N4/c1-4(2)15-5(3)12-6-7(10)13-9(11)14-8(6)15/h4H,1-3H3. The van der Waals surface area contributed by atoms with Gasteiger partial charge in [-0.25, -0.2) is 9.97 Å². The molecule has 2 heterocycles. The van der Waals surface area contributed by atoms with Crippen molar-refractivity contribution >= 4 is 34.4 Å². The summed E-state index contributed by atoms with van der Waals surface area (Å²) < 4.78 is 1.98. The normalized spacial score (nSPS) is 11.6. The van der Waals surface area contributed by atoms with Gasteiger partial charge in [0, 0.05) is 6.04 Å². The van der Waals surface area contributed by atoms with Gasteiger partial charge in [0.1, 0.15) is 11.3 Å². The van der Waals surface area contributed by atoms with Crippen LogP contribution in [0.3, 0.4) is 0 Å². The first-order valence-corrected chi connectivity index (χ1v) is 5.34. The van der Waals surface area contributed by atoms with Crippen molar-refractivity contribution in [2.24, 2.45) is 0 Å². The molecule has 2 aromatic heterocycles. The highest BCUT2D eigenvalue weighted by atomic mass is 35.5. The van der Waals surface area contributed by atoms with E-state index in [2.05, 4.69) is 28.8 Å². The highest BCUT2D eigenvalue weighted by molar-refractivity contribution is 6.35. The Balaban J connectivity index is 2.86. The molecule has 0 fully saturated rings. The zero-order valence-electron chi connectivity index (χ0n) is 8.62. The molecule has 2 rings (SSSR count). The molecule has 0 unspecified atom stereocenters. The van der Waals surface area contributed by atoms with Gasteiger partial charge in [0.05, 0.1) is 0 Å². The third kappa shape index (κ3) is 1.68. The minimum Gasteiger partial charge on any atom is -0.310 e. The lowest BCUT2D eigenvalue weighted by molar-refractivity contribution is 0.595. The molecule has 15 heavy (non-hydrogen) atoms. The quantitative estimate of drug-likeness (QED) is 0.573. The van der Waals surface area contributed by atoms with Crippen LogP contribution in [0.1, 0.15) is 25.7 Å². The number of aromatic nitrogens is 4. The van der Waals surface area contributed by atoms with Crippen LogP contribution in [-0.4, -0.2) is 19.5 Å². The molecule has 0 aliphatic carbocycles. The van der Waals surface area contributed by atoms with Crippen LogP contribution in [0.25, 0.3) is 11.2 Å². The van der Waals surface area contributed by atoms with Crippen molar-refractivity contribution in [1.82, 2.24) is 19.5 Å². The number of rotatable bonds is 1. The molecule has 0 spiro atoms. The molecule has 0 saturated carbocycles. The van der Waals surface area contributed by atoms with E-state index in [1.165, 1.54) is 0 Å². The molecule has 0 saturated heterocycles. The summed E-state index contributed by atoms with van der Waals surface area (Å²) in [5.41, 5.74) is 1.29. The van der Waals surface area contributed by atoms with Crippen molar-refractivity contribution in [2.75, 3.05) is 0 Å². The maximum Gasteiger partial charge on any atom is 0.225 e. The summed E-state index contributed by atoms with van der Waals surface area (Å²) in [4.78, 5) is 12.3. The van der Waals surface area contributed by atoms with Crippen LogP contribution in [0.15, 0.2) is 0 Å². The van der Waals surface area contributed by atoms with Crippen LogP contribution in [-0.2, 0) is 0 Å². The molecular formula is C9H10Cl2N4. The van der Waals surface area contributed by atoms with E-state index in [0.717, 1.165) is 5.82 Å². The Morgan fingerprint density at radius 2 is 1.80 bits per heavy atom. The lowest BCUT2D eigenvalue weighted by atomic mass is 10.4. The van der Waals surface area contributed by atoms with E-state index in [1.54, 1.807) is 0 Å². The van der Waals surface area contributed by atoms with E-state index in [-0.39, 0.29) is 11.3 Å². The summed E-state index contributed by atoms with van der Waals surface area (Å²) >= 11 is 11.7. The minimum absolute atomic E-state index is 0.148. The minimum atomic E-state index is 0.148. The zero-order chi connectivity index (χ0) is 11.2. The van der Waals surface area contributed by atoms with Crippen LogP contribution in [0.4, 0.5) is 0 Å². The smallest absolute Gasteiger partial charge is 0.225 e. The first kappa shape index (κ1) is 10.6. The van der Waals surface area contributed by atoms with Crippen LogP contribution in [0.5, 0.6) is 0 Å². The molecule has 0 radical (unpaired) electrons. The summed E-state index contributed by atoms with van der Waals surface area (Å²) in [5.74, 6) is 0.860. The molecule has 0 atom stereocenters. The topological polar surface area (TPSA) is 43.6 Å². The van der Waals surface area contributed by atoms with Gasteiger partial charge in [-0.1, -0.05) is 11.6 Å². The van der Waals surface area contributed by atoms with Crippen LogP contribution >= 0.6 is 23.2 Å². The van der Waals surface area contributed by atoms with Crippen molar-refractivity contribution in [2.45, 2.75) is 26.8 Å². The average molecular weight is 245 g/mol. The van der Waals surface area contributed by atoms with Crippen LogP contribution < -0.4 is 0 Å². The third-order valence-corrected chi connectivity index (χ3v) is 2.60. The average Bonchev–Trinajstić information content (AvgIpc) is 2.41. The fourth-order valence-electron chi connectivity index (χ4n) is 1.64. The number of hydrogen-bond donors (Lipinski definition) is 0. The van der Waals surface area contributed by atoms with Gasteiger partial charge in [-0.2, -0.15) is 4.98 Å². The van der Waals surface area contributed by atoms with Gasteiger partial charge in [-0.3, -0.25) is 0 Å². The Morgan fingerprint density at radius 3 is 2.40 bits per heavy atom. The van der Waals surface area contributed by atoms with Gasteiger partial charge in [-0.05, 0) is 32.4 Å². The van der Waals surface area contributed by atoms with Crippen molar-refractivity contribution in [3.8, 4) is 0 Å². The van der Waals surface area contributed by atoms with E-state index in [1.807, 2.05) is 11.5 Å². The fraction of sp³-hybridized carbons (Fsp3) is 0.444. The fourth-order valence-corrected chi connectivity index (χ4v) is 2.06. The second kappa shape index (κ2) is 3.61. The Labute approximate surface area is 97.3 Å². The lowest BCUT2D eigenvalue weighted by Gasteiger charge is -2.09. The Kier molecular flexibility index (Phi) is 2.56. The highest BCUT2D eigenvalue weighted by Crippen LogP contribution is 2.24. The molecule has 0 N–H and O–H groups in total. The van der Waals surface area contributed by atoms with Gasteiger partial charge in [0.25, 0.3) is 0 Å². The predicted octanol–water partition coefficient (Wildman–Crippen LogP) is 3.02. The monoisotopic (exact) mass is 244 g/mol. The molecule has 2 aromatic rings. The van der Waals surface area contributed by atoms with E-state index in [0.29, 0.717) is 16.3 Å². The molecule has 4 nitrogen and oxygen atoms in total. The van der Waals surface area contributed by atoms with E-state index in [9.17, 15) is 0 Å². The molecule has 0 aliphatic rings. The van der Waals surface area contributed by atoms with Crippen molar-refractivity contribution in [3.63, 3.8) is 0 Å². The Hall–Kier alpha value is -0.870. The molecule has 0 aromatic carbocycles. The molecule has 0 bridgehead atoms. The number of aryl methyl sites for hydroxylation is 1. The Bertz CT molecular complexity index is 518. The third-order valence-electron chi connectivity index (χ3n) is 2.16. The predicted molar refractivity (Wildman–Crippen MR) is 60.5 cm³/mol. The molecule has 0 amide bonds. The van der Waals surface area contributed by atoms with E-state index in [4.69, 9.17) is 23.2 Å². The van der Waals surface area contributed by atoms with Gasteiger partial charge in [-0.15, -0.1) is 0 Å². The maximum absolute atomic E-state index is 5.94. The van der Waals surface area contributed by atoms with Crippen LogP contribution in [0, 0.1) is 6.92 Å². The second-order valence-electron chi connectivity index (χ2n) is 3.58. The number of nitrogens with zero attached hydrogens (tertiary/aromatic N) is 4. The first-order chi connectivity index (χ1) is 7.00. The van der Waals surface area contributed by atoms with Crippen molar-refractivity contribution < 1.29 is 0 Å². The zero-order valence-corrected chi connectivity index (χ0v) is 10.1. The van der Waals surface area contributed by atoms with Crippen LogP contribution in [0.2, 0.25) is 10.4 Å². The van der Waals surface area contributed by atoms with Gasteiger partial charge in [0.15, 0.2) is 10.8 Å². The summed E-state index contributed by atoms with van der Waals surface area (Å²) in [6, 6.07) is 0.261. The summed E-state index contributed by atoms with van der Waals surface area (Å²) in [5, 5.41) is 0.446. The summed E-state index contributed by atoms with van der Waals surface area (Å²) in [6.07, 6.45) is 0.